The number of nitrogens with two attached hydrogens (primary N) is 1. The first-order valence-electron chi connectivity index (χ1n) is 10.6. The molecule has 5 rings (SSSR count). The number of amides is 1. The van der Waals surface area contributed by atoms with E-state index >= 15 is 0 Å². The van der Waals surface area contributed by atoms with Crippen LogP contribution in [0.3, 0.4) is 0 Å². The number of aliphatic hydroxyl groups excluding tert-OH is 1. The highest BCUT2D eigenvalue weighted by atomic mass is 16.5. The van der Waals surface area contributed by atoms with Crippen LogP contribution >= 0.6 is 0 Å². The number of primary amides is 1. The number of nitrogens with one attached hydrogen (secondary N) is 1. The lowest BCUT2D eigenvalue weighted by atomic mass is 10.1. The summed E-state index contributed by atoms with van der Waals surface area (Å²) < 4.78 is 8.81. The first-order chi connectivity index (χ1) is 16.1. The summed E-state index contributed by atoms with van der Waals surface area (Å²) in [7, 11) is 1.53. The van der Waals surface area contributed by atoms with E-state index in [1.807, 2.05) is 23.2 Å². The number of rotatable bonds is 7. The lowest BCUT2D eigenvalue weighted by Gasteiger charge is -2.23. The Kier molecular flexibility index (Phi) is 5.31. The standard InChI is InChI=1S/C22H24N8O3/c1-33-17-9-14(20(23)32)8-16(10-17)28-11-19(24-13-28)25-21-18-5-3-7-30(18)27-22(26-21)29-6-2-4-15(29)12-31/h3,5,7-11,13,15,31H,2,4,6,12H2,1H3,(H2,23,32)(H,25,26,27). The van der Waals surface area contributed by atoms with Crippen LogP contribution in [0.1, 0.15) is 23.2 Å². The minimum absolute atomic E-state index is 0.0117. The average Bonchev–Trinajstić information content (AvgIpc) is 3.58. The molecule has 1 unspecified atom stereocenters. The maximum Gasteiger partial charge on any atom is 0.248 e. The van der Waals surface area contributed by atoms with Crippen molar-refractivity contribution in [2.45, 2.75) is 18.9 Å². The fraction of sp³-hybridized carbons (Fsp3) is 0.273. The third kappa shape index (κ3) is 3.94. The molecule has 11 nitrogen and oxygen atoms in total. The molecular weight excluding hydrogens is 424 g/mol. The number of carbonyl (C=O) groups is 1. The quantitative estimate of drug-likeness (QED) is 0.389. The van der Waals surface area contributed by atoms with Gasteiger partial charge in [0.1, 0.15) is 23.4 Å². The second kappa shape index (κ2) is 8.43. The van der Waals surface area contributed by atoms with E-state index in [1.165, 1.54) is 7.11 Å². The molecule has 11 heteroatoms. The van der Waals surface area contributed by atoms with Crippen molar-refractivity contribution in [3.8, 4) is 11.4 Å². The summed E-state index contributed by atoms with van der Waals surface area (Å²) in [4.78, 5) is 22.9. The first-order valence-corrected chi connectivity index (χ1v) is 10.6. The Labute approximate surface area is 189 Å². The minimum Gasteiger partial charge on any atom is -0.497 e. The van der Waals surface area contributed by atoms with Gasteiger partial charge in [-0.15, -0.1) is 5.10 Å². The largest absolute Gasteiger partial charge is 0.497 e. The molecule has 4 N–H and O–H groups in total. The molecule has 3 aromatic heterocycles. The number of carbonyl (C=O) groups excluding carboxylic acids is 1. The van der Waals surface area contributed by atoms with Gasteiger partial charge in [0.25, 0.3) is 0 Å². The smallest absolute Gasteiger partial charge is 0.248 e. The highest BCUT2D eigenvalue weighted by Crippen LogP contribution is 2.27. The van der Waals surface area contributed by atoms with E-state index in [9.17, 15) is 9.90 Å². The van der Waals surface area contributed by atoms with Crippen LogP contribution in [0.15, 0.2) is 49.1 Å². The van der Waals surface area contributed by atoms with E-state index in [-0.39, 0.29) is 12.6 Å². The third-order valence-electron chi connectivity index (χ3n) is 5.76. The number of hydrogen-bond acceptors (Lipinski definition) is 8. The molecular formula is C22H24N8O3. The van der Waals surface area contributed by atoms with Crippen molar-refractivity contribution in [2.24, 2.45) is 5.73 Å². The normalized spacial score (nSPS) is 15.8. The van der Waals surface area contributed by atoms with Gasteiger partial charge in [0.2, 0.25) is 11.9 Å². The Balaban J connectivity index is 1.48. The molecule has 1 atom stereocenters. The number of methoxy groups -OCH3 is 1. The van der Waals surface area contributed by atoms with Gasteiger partial charge in [-0.1, -0.05) is 0 Å². The summed E-state index contributed by atoms with van der Waals surface area (Å²) in [6.07, 6.45) is 7.16. The summed E-state index contributed by atoms with van der Waals surface area (Å²) in [5, 5.41) is 17.6. The Hall–Kier alpha value is -4.12. The summed E-state index contributed by atoms with van der Waals surface area (Å²) in [6, 6.07) is 8.87. The lowest BCUT2D eigenvalue weighted by molar-refractivity contribution is 0.1000. The van der Waals surface area contributed by atoms with Crippen LogP contribution < -0.4 is 20.7 Å². The van der Waals surface area contributed by atoms with Gasteiger partial charge in [0.15, 0.2) is 5.82 Å². The number of nitrogens with zero attached hydrogens (tertiary/aromatic N) is 6. The van der Waals surface area contributed by atoms with Gasteiger partial charge in [-0.05, 0) is 37.1 Å². The Morgan fingerprint density at radius 3 is 3.03 bits per heavy atom. The van der Waals surface area contributed by atoms with Crippen LogP contribution in [0.5, 0.6) is 5.75 Å². The molecule has 1 aliphatic heterocycles. The molecule has 1 aliphatic rings. The average molecular weight is 448 g/mol. The van der Waals surface area contributed by atoms with E-state index in [0.29, 0.717) is 34.6 Å². The fourth-order valence-corrected chi connectivity index (χ4v) is 4.07. The van der Waals surface area contributed by atoms with Crippen molar-refractivity contribution >= 4 is 29.0 Å². The zero-order valence-electron chi connectivity index (χ0n) is 18.0. The molecule has 0 spiro atoms. The van der Waals surface area contributed by atoms with Crippen LogP contribution in [0.4, 0.5) is 17.6 Å². The van der Waals surface area contributed by atoms with Gasteiger partial charge in [-0.2, -0.15) is 4.98 Å². The molecule has 0 aliphatic carbocycles. The number of benzene rings is 1. The molecule has 33 heavy (non-hydrogen) atoms. The molecule has 4 aromatic rings. The SMILES string of the molecule is COc1cc(C(N)=O)cc(-n2cnc(Nc3nc(N4CCCC4CO)nn4cccc34)c2)c1. The third-order valence-corrected chi connectivity index (χ3v) is 5.76. The minimum atomic E-state index is -0.541. The number of aromatic nitrogens is 5. The van der Waals surface area contributed by atoms with Gasteiger partial charge < -0.3 is 30.4 Å². The van der Waals surface area contributed by atoms with Crippen molar-refractivity contribution in [1.29, 1.82) is 0 Å². The van der Waals surface area contributed by atoms with Crippen LogP contribution in [-0.4, -0.2) is 61.5 Å². The number of fused-ring (bicyclic) bond motifs is 1. The van der Waals surface area contributed by atoms with Crippen LogP contribution in [0, 0.1) is 0 Å². The fourth-order valence-electron chi connectivity index (χ4n) is 4.07. The monoisotopic (exact) mass is 448 g/mol. The van der Waals surface area contributed by atoms with Gasteiger partial charge in [0, 0.05) is 24.4 Å². The maximum absolute atomic E-state index is 11.7. The Bertz CT molecular complexity index is 1310. The summed E-state index contributed by atoms with van der Waals surface area (Å²) in [5.74, 6) is 1.69. The van der Waals surface area contributed by atoms with Crippen molar-refractivity contribution in [1.82, 2.24) is 24.1 Å². The zero-order valence-corrected chi connectivity index (χ0v) is 18.0. The van der Waals surface area contributed by atoms with Gasteiger partial charge >= 0.3 is 0 Å². The van der Waals surface area contributed by atoms with E-state index < -0.39 is 5.91 Å². The number of aliphatic hydroxyl groups is 1. The molecule has 0 radical (unpaired) electrons. The zero-order chi connectivity index (χ0) is 22.9. The van der Waals surface area contributed by atoms with E-state index in [0.717, 1.165) is 24.9 Å². The second-order valence-corrected chi connectivity index (χ2v) is 7.85. The molecule has 1 fully saturated rings. The maximum atomic E-state index is 11.7. The number of hydrogen-bond donors (Lipinski definition) is 3. The van der Waals surface area contributed by atoms with Crippen LogP contribution in [0.2, 0.25) is 0 Å². The summed E-state index contributed by atoms with van der Waals surface area (Å²) in [5.41, 5.74) is 7.27. The molecule has 1 saturated heterocycles. The Morgan fingerprint density at radius 2 is 2.24 bits per heavy atom. The molecule has 0 saturated carbocycles. The predicted octanol–water partition coefficient (Wildman–Crippen LogP) is 1.73. The molecule has 0 bridgehead atoms. The van der Waals surface area contributed by atoms with E-state index in [4.69, 9.17) is 15.5 Å². The summed E-state index contributed by atoms with van der Waals surface area (Å²) in [6.45, 7) is 0.859. The van der Waals surface area contributed by atoms with Crippen molar-refractivity contribution in [3.63, 3.8) is 0 Å². The van der Waals surface area contributed by atoms with Gasteiger partial charge in [0.05, 0.1) is 31.6 Å². The van der Waals surface area contributed by atoms with Crippen molar-refractivity contribution < 1.29 is 14.6 Å². The number of ether oxygens (including phenoxy) is 1. The van der Waals surface area contributed by atoms with E-state index in [1.54, 1.807) is 39.8 Å². The highest BCUT2D eigenvalue weighted by molar-refractivity contribution is 5.93. The van der Waals surface area contributed by atoms with Gasteiger partial charge in [-0.25, -0.2) is 9.50 Å². The first kappa shape index (κ1) is 20.8. The number of anilines is 3. The lowest BCUT2D eigenvalue weighted by Crippen LogP contribution is -2.34. The molecule has 170 valence electrons. The Morgan fingerprint density at radius 1 is 1.36 bits per heavy atom. The molecule has 1 aromatic carbocycles. The number of imidazole rings is 1. The van der Waals surface area contributed by atoms with Crippen molar-refractivity contribution in [2.75, 3.05) is 30.5 Å². The van der Waals surface area contributed by atoms with E-state index in [2.05, 4.69) is 15.4 Å². The second-order valence-electron chi connectivity index (χ2n) is 7.85. The predicted molar refractivity (Wildman–Crippen MR) is 122 cm³/mol. The van der Waals surface area contributed by atoms with Crippen LogP contribution in [-0.2, 0) is 0 Å². The highest BCUT2D eigenvalue weighted by Gasteiger charge is 2.27. The molecule has 4 heterocycles. The van der Waals surface area contributed by atoms with Crippen LogP contribution in [0.25, 0.3) is 11.2 Å². The van der Waals surface area contributed by atoms with Gasteiger partial charge in [-0.3, -0.25) is 4.79 Å². The summed E-state index contributed by atoms with van der Waals surface area (Å²) >= 11 is 0. The van der Waals surface area contributed by atoms with Crippen molar-refractivity contribution in [3.05, 3.63) is 54.6 Å². The molecule has 1 amide bonds. The topological polar surface area (TPSA) is 136 Å².